The molecule has 3 heterocycles. The van der Waals surface area contributed by atoms with Gasteiger partial charge in [0.2, 0.25) is 0 Å². The molecular weight excluding hydrogens is 340 g/mol. The van der Waals surface area contributed by atoms with E-state index in [9.17, 15) is 0 Å². The van der Waals surface area contributed by atoms with Gasteiger partial charge in [0, 0.05) is 0 Å². The van der Waals surface area contributed by atoms with Crippen LogP contribution in [0.1, 0.15) is 30.8 Å². The van der Waals surface area contributed by atoms with E-state index in [0.717, 1.165) is 39.7 Å². The van der Waals surface area contributed by atoms with Crippen LogP contribution in [0.2, 0.25) is 0 Å². The van der Waals surface area contributed by atoms with Gasteiger partial charge in [0.15, 0.2) is 5.82 Å². The van der Waals surface area contributed by atoms with E-state index in [2.05, 4.69) is 21.2 Å². The third-order valence-electron chi connectivity index (χ3n) is 3.84. The van der Waals surface area contributed by atoms with Gasteiger partial charge < -0.3 is 10.3 Å². The highest BCUT2D eigenvalue weighted by Gasteiger charge is 2.39. The van der Waals surface area contributed by atoms with Crippen LogP contribution in [0.5, 0.6) is 0 Å². The zero-order valence-corrected chi connectivity index (χ0v) is 14.4. The minimum atomic E-state index is -0.392. The minimum absolute atomic E-state index is 0. The first-order valence-electron chi connectivity index (χ1n) is 6.80. The highest BCUT2D eigenvalue weighted by Crippen LogP contribution is 2.40. The molecule has 1 saturated carbocycles. The smallest absolute Gasteiger partial charge is 0.270 e. The zero-order valence-electron chi connectivity index (χ0n) is 11.9. The van der Waals surface area contributed by atoms with Gasteiger partial charge >= 0.3 is 0 Å². The van der Waals surface area contributed by atoms with Crippen molar-refractivity contribution in [1.29, 1.82) is 0 Å². The SMILES string of the molecule is Cc1nc(-c2cccs2)sc1-c1nc(C2(N)CCC2)no1.Cl. The van der Waals surface area contributed by atoms with Crippen molar-refractivity contribution in [2.24, 2.45) is 5.73 Å². The van der Waals surface area contributed by atoms with Gasteiger partial charge in [0.25, 0.3) is 5.89 Å². The molecule has 2 N–H and O–H groups in total. The van der Waals surface area contributed by atoms with Gasteiger partial charge in [0.1, 0.15) is 9.88 Å². The summed E-state index contributed by atoms with van der Waals surface area (Å²) in [7, 11) is 0. The fourth-order valence-corrected chi connectivity index (χ4v) is 4.18. The Hall–Kier alpha value is -1.28. The van der Waals surface area contributed by atoms with Crippen molar-refractivity contribution in [2.45, 2.75) is 31.7 Å². The second kappa shape index (κ2) is 5.73. The second-order valence-corrected chi connectivity index (χ2v) is 7.29. The van der Waals surface area contributed by atoms with Crippen LogP contribution in [0.3, 0.4) is 0 Å². The first-order chi connectivity index (χ1) is 10.2. The first-order valence-corrected chi connectivity index (χ1v) is 8.50. The van der Waals surface area contributed by atoms with Gasteiger partial charge in [-0.05, 0) is 37.6 Å². The standard InChI is InChI=1S/C14H14N4OS2.ClH/c1-8-10(21-12(16-8)9-4-2-7-20-9)11-17-13(18-19-11)14(15)5-3-6-14;/h2,4,7H,3,5-6,15H2,1H3;1H. The van der Waals surface area contributed by atoms with E-state index in [4.69, 9.17) is 10.3 Å². The van der Waals surface area contributed by atoms with Crippen LogP contribution in [0.25, 0.3) is 20.7 Å². The quantitative estimate of drug-likeness (QED) is 0.769. The number of hydrogen-bond acceptors (Lipinski definition) is 7. The van der Waals surface area contributed by atoms with Gasteiger partial charge in [-0.2, -0.15) is 4.98 Å². The topological polar surface area (TPSA) is 77.8 Å². The number of rotatable bonds is 3. The largest absolute Gasteiger partial charge is 0.333 e. The molecule has 0 spiro atoms. The molecule has 3 aromatic rings. The molecule has 0 bridgehead atoms. The van der Waals surface area contributed by atoms with Gasteiger partial charge in [-0.1, -0.05) is 11.2 Å². The third kappa shape index (κ3) is 2.48. The molecule has 0 amide bonds. The maximum atomic E-state index is 6.24. The normalized spacial score (nSPS) is 16.1. The number of nitrogens with two attached hydrogens (primary N) is 1. The van der Waals surface area contributed by atoms with E-state index in [1.54, 1.807) is 22.7 Å². The molecule has 1 aliphatic carbocycles. The van der Waals surface area contributed by atoms with Crippen molar-refractivity contribution >= 4 is 35.1 Å². The molecule has 0 radical (unpaired) electrons. The van der Waals surface area contributed by atoms with E-state index >= 15 is 0 Å². The molecule has 1 aliphatic rings. The van der Waals surface area contributed by atoms with Gasteiger partial charge in [-0.15, -0.1) is 35.1 Å². The number of halogens is 1. The van der Waals surface area contributed by atoms with Crippen molar-refractivity contribution in [2.75, 3.05) is 0 Å². The highest BCUT2D eigenvalue weighted by atomic mass is 35.5. The van der Waals surface area contributed by atoms with Crippen LogP contribution >= 0.6 is 35.1 Å². The van der Waals surface area contributed by atoms with Crippen LogP contribution < -0.4 is 5.73 Å². The molecule has 116 valence electrons. The summed E-state index contributed by atoms with van der Waals surface area (Å²) in [6, 6.07) is 4.09. The van der Waals surface area contributed by atoms with E-state index in [1.165, 1.54) is 0 Å². The molecule has 22 heavy (non-hydrogen) atoms. The molecule has 3 aromatic heterocycles. The number of aryl methyl sites for hydroxylation is 1. The molecule has 5 nitrogen and oxygen atoms in total. The summed E-state index contributed by atoms with van der Waals surface area (Å²) in [5.41, 5.74) is 6.76. The van der Waals surface area contributed by atoms with Crippen LogP contribution in [-0.4, -0.2) is 15.1 Å². The Morgan fingerprint density at radius 2 is 2.14 bits per heavy atom. The van der Waals surface area contributed by atoms with Crippen LogP contribution in [0.4, 0.5) is 0 Å². The Labute approximate surface area is 142 Å². The lowest BCUT2D eigenvalue weighted by atomic mass is 9.77. The lowest BCUT2D eigenvalue weighted by Gasteiger charge is -2.34. The van der Waals surface area contributed by atoms with Crippen molar-refractivity contribution < 1.29 is 4.52 Å². The monoisotopic (exact) mass is 354 g/mol. The summed E-state index contributed by atoms with van der Waals surface area (Å²) in [5.74, 6) is 1.15. The summed E-state index contributed by atoms with van der Waals surface area (Å²) in [4.78, 5) is 11.2. The number of thiazole rings is 1. The van der Waals surface area contributed by atoms with Crippen LogP contribution in [0.15, 0.2) is 22.0 Å². The zero-order chi connectivity index (χ0) is 14.4. The predicted octanol–water partition coefficient (Wildman–Crippen LogP) is 3.99. The highest BCUT2D eigenvalue weighted by molar-refractivity contribution is 7.22. The van der Waals surface area contributed by atoms with Crippen molar-refractivity contribution in [3.05, 3.63) is 29.0 Å². The molecule has 0 saturated heterocycles. The Morgan fingerprint density at radius 3 is 2.77 bits per heavy atom. The Balaban J connectivity index is 0.00000144. The molecule has 0 unspecified atom stereocenters. The van der Waals surface area contributed by atoms with E-state index in [1.807, 2.05) is 18.4 Å². The summed E-state index contributed by atoms with van der Waals surface area (Å²) in [5, 5.41) is 7.11. The Bertz CT molecular complexity index is 777. The molecular formula is C14H15ClN4OS2. The van der Waals surface area contributed by atoms with Crippen molar-refractivity contribution in [3.8, 4) is 20.7 Å². The minimum Gasteiger partial charge on any atom is -0.333 e. The second-order valence-electron chi connectivity index (χ2n) is 5.34. The fraction of sp³-hybridized carbons (Fsp3) is 0.357. The fourth-order valence-electron chi connectivity index (χ4n) is 2.40. The molecule has 0 aliphatic heterocycles. The van der Waals surface area contributed by atoms with E-state index < -0.39 is 5.54 Å². The van der Waals surface area contributed by atoms with Gasteiger partial charge in [-0.3, -0.25) is 0 Å². The number of thiophene rings is 1. The molecule has 8 heteroatoms. The number of hydrogen-bond donors (Lipinski definition) is 1. The van der Waals surface area contributed by atoms with E-state index in [0.29, 0.717) is 11.7 Å². The molecule has 1 fully saturated rings. The number of nitrogens with zero attached hydrogens (tertiary/aromatic N) is 3. The average Bonchev–Trinajstić information content (AvgIpc) is 3.15. The molecule has 4 rings (SSSR count). The average molecular weight is 355 g/mol. The lowest BCUT2D eigenvalue weighted by Crippen LogP contribution is -2.44. The third-order valence-corrected chi connectivity index (χ3v) is 6.02. The number of aromatic nitrogens is 3. The van der Waals surface area contributed by atoms with Gasteiger partial charge in [-0.25, -0.2) is 4.98 Å². The Kier molecular flexibility index (Phi) is 4.07. The summed E-state index contributed by atoms with van der Waals surface area (Å²) < 4.78 is 5.42. The van der Waals surface area contributed by atoms with Crippen molar-refractivity contribution in [3.63, 3.8) is 0 Å². The maximum Gasteiger partial charge on any atom is 0.270 e. The predicted molar refractivity (Wildman–Crippen MR) is 90.4 cm³/mol. The van der Waals surface area contributed by atoms with E-state index in [-0.39, 0.29) is 12.4 Å². The maximum absolute atomic E-state index is 6.24. The van der Waals surface area contributed by atoms with Crippen LogP contribution in [-0.2, 0) is 5.54 Å². The molecule has 0 aromatic carbocycles. The summed E-state index contributed by atoms with van der Waals surface area (Å²) in [6.45, 7) is 1.97. The molecule has 0 atom stereocenters. The first kappa shape index (κ1) is 15.6. The van der Waals surface area contributed by atoms with Crippen molar-refractivity contribution in [1.82, 2.24) is 15.1 Å². The van der Waals surface area contributed by atoms with Gasteiger partial charge in [0.05, 0.1) is 16.1 Å². The summed E-state index contributed by atoms with van der Waals surface area (Å²) in [6.07, 6.45) is 2.98. The Morgan fingerprint density at radius 1 is 1.32 bits per heavy atom. The lowest BCUT2D eigenvalue weighted by molar-refractivity contribution is 0.229. The van der Waals surface area contributed by atoms with Crippen LogP contribution in [0, 0.1) is 6.92 Å². The summed E-state index contributed by atoms with van der Waals surface area (Å²) >= 11 is 3.26.